The molecule has 0 saturated heterocycles. The molecule has 1 heterocycles. The smallest absolute Gasteiger partial charge is 0.280 e. The zero-order valence-electron chi connectivity index (χ0n) is 14.8. The summed E-state index contributed by atoms with van der Waals surface area (Å²) in [6.45, 7) is 0.308. The third-order valence-corrected chi connectivity index (χ3v) is 4.28. The fourth-order valence-corrected chi connectivity index (χ4v) is 2.69. The topological polar surface area (TPSA) is 104 Å². The zero-order valence-corrected chi connectivity index (χ0v) is 15.5. The Kier molecular flexibility index (Phi) is 5.46. The number of ether oxygens (including phenoxy) is 2. The maximum Gasteiger partial charge on any atom is 0.280 e. The van der Waals surface area contributed by atoms with E-state index in [1.165, 1.54) is 18.9 Å². The predicted octanol–water partition coefficient (Wildman–Crippen LogP) is 2.83. The van der Waals surface area contributed by atoms with Crippen LogP contribution >= 0.6 is 11.6 Å². The van der Waals surface area contributed by atoms with Gasteiger partial charge in [-0.3, -0.25) is 4.79 Å². The number of nitrogens with one attached hydrogen (secondary N) is 1. The largest absolute Gasteiger partial charge is 0.493 e. The van der Waals surface area contributed by atoms with Gasteiger partial charge in [0.15, 0.2) is 23.0 Å². The van der Waals surface area contributed by atoms with Crippen LogP contribution in [0.25, 0.3) is 0 Å². The van der Waals surface area contributed by atoms with Crippen molar-refractivity contribution in [2.24, 2.45) is 0 Å². The summed E-state index contributed by atoms with van der Waals surface area (Å²) in [4.78, 5) is 12.5. The quantitative estimate of drug-likeness (QED) is 0.674. The van der Waals surface area contributed by atoms with E-state index in [1.54, 1.807) is 24.3 Å². The highest BCUT2D eigenvalue weighted by molar-refractivity contribution is 6.31. The molecule has 3 N–H and O–H groups in total. The Morgan fingerprint density at radius 1 is 1.19 bits per heavy atom. The molecule has 0 unspecified atom stereocenters. The second-order valence-corrected chi connectivity index (χ2v) is 6.00. The molecular formula is C18H18ClN5O3. The summed E-state index contributed by atoms with van der Waals surface area (Å²) < 4.78 is 11.8. The first-order chi connectivity index (χ1) is 13.0. The first-order valence-electron chi connectivity index (χ1n) is 7.99. The number of methoxy groups -OCH3 is 2. The fourth-order valence-electron chi connectivity index (χ4n) is 2.49. The molecule has 140 valence electrons. The van der Waals surface area contributed by atoms with E-state index in [-0.39, 0.29) is 11.5 Å². The van der Waals surface area contributed by atoms with Crippen LogP contribution in [0.15, 0.2) is 42.5 Å². The molecule has 2 aromatic carbocycles. The molecule has 1 amide bonds. The number of nitrogens with zero attached hydrogens (tertiary/aromatic N) is 3. The number of hydrogen-bond acceptors (Lipinski definition) is 6. The summed E-state index contributed by atoms with van der Waals surface area (Å²) in [5.74, 6) is 0.712. The number of carbonyl (C=O) groups is 1. The number of nitrogens with two attached hydrogens (primary N) is 1. The van der Waals surface area contributed by atoms with Gasteiger partial charge in [-0.25, -0.2) is 4.68 Å². The fraction of sp³-hybridized carbons (Fsp3) is 0.167. The lowest BCUT2D eigenvalue weighted by molar-refractivity contribution is 0.102. The van der Waals surface area contributed by atoms with Crippen LogP contribution in [0.3, 0.4) is 0 Å². The average molecular weight is 388 g/mol. The minimum atomic E-state index is -0.481. The summed E-state index contributed by atoms with van der Waals surface area (Å²) in [6.07, 6.45) is 0. The van der Waals surface area contributed by atoms with Gasteiger partial charge in [0.25, 0.3) is 5.91 Å². The first-order valence-corrected chi connectivity index (χ1v) is 8.37. The summed E-state index contributed by atoms with van der Waals surface area (Å²) in [7, 11) is 3.05. The molecule has 0 aliphatic rings. The molecule has 9 heteroatoms. The molecule has 27 heavy (non-hydrogen) atoms. The van der Waals surface area contributed by atoms with Gasteiger partial charge in [-0.2, -0.15) is 0 Å². The third-order valence-electron chi connectivity index (χ3n) is 3.91. The van der Waals surface area contributed by atoms with Crippen LogP contribution in [0.4, 0.5) is 11.5 Å². The molecule has 0 aliphatic heterocycles. The summed E-state index contributed by atoms with van der Waals surface area (Å²) >= 11 is 6.15. The average Bonchev–Trinajstić information content (AvgIpc) is 3.04. The number of nitrogen functional groups attached to an aromatic ring is 1. The van der Waals surface area contributed by atoms with Gasteiger partial charge in [0.1, 0.15) is 0 Å². The van der Waals surface area contributed by atoms with Crippen molar-refractivity contribution >= 4 is 29.0 Å². The normalized spacial score (nSPS) is 10.5. The lowest BCUT2D eigenvalue weighted by Gasteiger charge is -2.10. The van der Waals surface area contributed by atoms with Crippen molar-refractivity contribution in [3.63, 3.8) is 0 Å². The lowest BCUT2D eigenvalue weighted by Crippen LogP contribution is -2.15. The molecule has 0 atom stereocenters. The Bertz CT molecular complexity index is 973. The molecule has 3 aromatic rings. The number of anilines is 2. The van der Waals surface area contributed by atoms with Gasteiger partial charge >= 0.3 is 0 Å². The minimum absolute atomic E-state index is 0.0249. The highest BCUT2D eigenvalue weighted by atomic mass is 35.5. The molecule has 3 rings (SSSR count). The Labute approximate surface area is 160 Å². The van der Waals surface area contributed by atoms with Gasteiger partial charge in [0, 0.05) is 16.8 Å². The van der Waals surface area contributed by atoms with Gasteiger partial charge < -0.3 is 20.5 Å². The molecule has 0 fully saturated rings. The summed E-state index contributed by atoms with van der Waals surface area (Å²) in [5.41, 5.74) is 7.41. The number of carbonyl (C=O) groups excluding carboxylic acids is 1. The van der Waals surface area contributed by atoms with Gasteiger partial charge in [0.05, 0.1) is 20.8 Å². The van der Waals surface area contributed by atoms with E-state index >= 15 is 0 Å². The van der Waals surface area contributed by atoms with Gasteiger partial charge in [-0.1, -0.05) is 35.0 Å². The number of aromatic nitrogens is 3. The van der Waals surface area contributed by atoms with E-state index in [4.69, 9.17) is 26.8 Å². The Morgan fingerprint density at radius 3 is 2.63 bits per heavy atom. The highest BCUT2D eigenvalue weighted by Crippen LogP contribution is 2.30. The van der Waals surface area contributed by atoms with Crippen molar-refractivity contribution in [1.82, 2.24) is 15.0 Å². The Hall–Kier alpha value is -3.26. The number of rotatable bonds is 6. The predicted molar refractivity (Wildman–Crippen MR) is 102 cm³/mol. The van der Waals surface area contributed by atoms with Gasteiger partial charge in [-0.05, 0) is 23.8 Å². The van der Waals surface area contributed by atoms with Crippen LogP contribution in [-0.4, -0.2) is 35.1 Å². The molecule has 0 saturated carbocycles. The van der Waals surface area contributed by atoms with E-state index in [0.717, 1.165) is 5.56 Å². The summed E-state index contributed by atoms with van der Waals surface area (Å²) in [6, 6.07) is 12.3. The highest BCUT2D eigenvalue weighted by Gasteiger charge is 2.19. The maximum absolute atomic E-state index is 12.5. The number of halogens is 1. The van der Waals surface area contributed by atoms with Crippen LogP contribution in [-0.2, 0) is 6.54 Å². The summed E-state index contributed by atoms with van der Waals surface area (Å²) in [5, 5.41) is 11.1. The monoisotopic (exact) mass is 387 g/mol. The van der Waals surface area contributed by atoms with Crippen LogP contribution in [0, 0.1) is 0 Å². The molecule has 8 nitrogen and oxygen atoms in total. The van der Waals surface area contributed by atoms with Crippen LogP contribution in [0.5, 0.6) is 11.5 Å². The van der Waals surface area contributed by atoms with E-state index in [2.05, 4.69) is 15.6 Å². The van der Waals surface area contributed by atoms with Gasteiger partial charge in [0.2, 0.25) is 0 Å². The van der Waals surface area contributed by atoms with E-state index in [9.17, 15) is 4.79 Å². The van der Waals surface area contributed by atoms with Crippen molar-refractivity contribution in [1.29, 1.82) is 0 Å². The molecule has 1 aromatic heterocycles. The van der Waals surface area contributed by atoms with Crippen molar-refractivity contribution in [3.05, 3.63) is 58.7 Å². The van der Waals surface area contributed by atoms with Crippen molar-refractivity contribution in [2.75, 3.05) is 25.3 Å². The second-order valence-electron chi connectivity index (χ2n) is 5.60. The van der Waals surface area contributed by atoms with Crippen molar-refractivity contribution in [2.45, 2.75) is 6.54 Å². The van der Waals surface area contributed by atoms with Crippen molar-refractivity contribution in [3.8, 4) is 11.5 Å². The molecular weight excluding hydrogens is 370 g/mol. The SMILES string of the molecule is COc1ccc(NC(=O)c2nnn(Cc3ccccc3Cl)c2N)cc1OC. The standard InChI is InChI=1S/C18H18ClN5O3/c1-26-14-8-7-12(9-15(14)27-2)21-18(25)16-17(20)24(23-22-16)10-11-5-3-4-6-13(11)19/h3-9H,10,20H2,1-2H3,(H,21,25). The lowest BCUT2D eigenvalue weighted by atomic mass is 10.2. The van der Waals surface area contributed by atoms with Crippen LogP contribution in [0.1, 0.15) is 16.1 Å². The number of hydrogen-bond donors (Lipinski definition) is 2. The first kappa shape index (κ1) is 18.5. The maximum atomic E-state index is 12.5. The second kappa shape index (κ2) is 7.96. The molecule has 0 bridgehead atoms. The van der Waals surface area contributed by atoms with Crippen LogP contribution in [0.2, 0.25) is 5.02 Å². The van der Waals surface area contributed by atoms with Gasteiger partial charge in [-0.15, -0.1) is 5.10 Å². The zero-order chi connectivity index (χ0) is 19.4. The number of benzene rings is 2. The van der Waals surface area contributed by atoms with Crippen LogP contribution < -0.4 is 20.5 Å². The molecule has 0 radical (unpaired) electrons. The van der Waals surface area contributed by atoms with E-state index < -0.39 is 5.91 Å². The molecule has 0 spiro atoms. The number of amides is 1. The third kappa shape index (κ3) is 3.95. The van der Waals surface area contributed by atoms with E-state index in [1.807, 2.05) is 18.2 Å². The minimum Gasteiger partial charge on any atom is -0.493 e. The van der Waals surface area contributed by atoms with E-state index in [0.29, 0.717) is 28.8 Å². The Balaban J connectivity index is 1.78. The van der Waals surface area contributed by atoms with Crippen molar-refractivity contribution < 1.29 is 14.3 Å². The Morgan fingerprint density at radius 2 is 1.93 bits per heavy atom. The molecule has 0 aliphatic carbocycles.